The Hall–Kier alpha value is -0.340. The van der Waals surface area contributed by atoms with E-state index in [1.165, 1.54) is 61.2 Å². The van der Waals surface area contributed by atoms with Gasteiger partial charge in [-0.2, -0.15) is 0 Å². The summed E-state index contributed by atoms with van der Waals surface area (Å²) < 4.78 is 0. The molecule has 0 bridgehead atoms. The Morgan fingerprint density at radius 1 is 1.28 bits per heavy atom. The summed E-state index contributed by atoms with van der Waals surface area (Å²) in [5.74, 6) is 0.994. The maximum atomic E-state index is 3.69. The summed E-state index contributed by atoms with van der Waals surface area (Å²) in [4.78, 5) is 3.00. The molecule has 18 heavy (non-hydrogen) atoms. The summed E-state index contributed by atoms with van der Waals surface area (Å²) in [6, 6.07) is 5.10. The van der Waals surface area contributed by atoms with Gasteiger partial charge < -0.3 is 5.32 Å². The van der Waals surface area contributed by atoms with Crippen LogP contribution in [-0.2, 0) is 6.42 Å². The molecule has 1 aromatic rings. The molecule has 0 radical (unpaired) electrons. The van der Waals surface area contributed by atoms with E-state index in [1.807, 2.05) is 11.3 Å². The van der Waals surface area contributed by atoms with Gasteiger partial charge in [0.2, 0.25) is 0 Å². The molecule has 1 aliphatic carbocycles. The standard InChI is InChI=1S/C16H27NS/c1-3-15-9-10-16(18-15)13(2)17-12-11-14-7-5-4-6-8-14/h9-10,13-14,17H,3-8,11-12H2,1-2H3. The predicted octanol–water partition coefficient (Wildman–Crippen LogP) is 4.93. The third-order valence-corrected chi connectivity index (χ3v) is 5.60. The van der Waals surface area contributed by atoms with Gasteiger partial charge >= 0.3 is 0 Å². The normalized spacial score (nSPS) is 19.0. The smallest absolute Gasteiger partial charge is 0.0386 e. The van der Waals surface area contributed by atoms with Crippen LogP contribution in [0.15, 0.2) is 12.1 Å². The van der Waals surface area contributed by atoms with E-state index >= 15 is 0 Å². The molecule has 2 heteroatoms. The number of hydrogen-bond donors (Lipinski definition) is 1. The highest BCUT2D eigenvalue weighted by atomic mass is 32.1. The molecule has 1 aliphatic rings. The van der Waals surface area contributed by atoms with Crippen LogP contribution >= 0.6 is 11.3 Å². The lowest BCUT2D eigenvalue weighted by Crippen LogP contribution is -2.22. The van der Waals surface area contributed by atoms with Crippen LogP contribution in [0.3, 0.4) is 0 Å². The number of hydrogen-bond acceptors (Lipinski definition) is 2. The second kappa shape index (κ2) is 7.30. The fourth-order valence-electron chi connectivity index (χ4n) is 2.90. The first kappa shape index (κ1) is 14.1. The lowest BCUT2D eigenvalue weighted by Gasteiger charge is -2.22. The molecule has 102 valence electrons. The number of thiophene rings is 1. The lowest BCUT2D eigenvalue weighted by molar-refractivity contribution is 0.330. The van der Waals surface area contributed by atoms with E-state index in [1.54, 1.807) is 0 Å². The van der Waals surface area contributed by atoms with Crippen LogP contribution in [0.2, 0.25) is 0 Å². The highest BCUT2D eigenvalue weighted by Crippen LogP contribution is 2.27. The fourth-order valence-corrected chi connectivity index (χ4v) is 3.88. The lowest BCUT2D eigenvalue weighted by atomic mass is 9.87. The number of nitrogens with one attached hydrogen (secondary N) is 1. The van der Waals surface area contributed by atoms with Crippen LogP contribution in [0, 0.1) is 5.92 Å². The van der Waals surface area contributed by atoms with E-state index in [0.29, 0.717) is 6.04 Å². The van der Waals surface area contributed by atoms with Crippen LogP contribution < -0.4 is 5.32 Å². The molecule has 1 nitrogen and oxygen atoms in total. The minimum Gasteiger partial charge on any atom is -0.309 e. The van der Waals surface area contributed by atoms with Crippen molar-refractivity contribution in [3.63, 3.8) is 0 Å². The van der Waals surface area contributed by atoms with E-state index in [4.69, 9.17) is 0 Å². The van der Waals surface area contributed by atoms with Crippen molar-refractivity contribution >= 4 is 11.3 Å². The first-order chi connectivity index (χ1) is 8.79. The van der Waals surface area contributed by atoms with Gasteiger partial charge in [-0.1, -0.05) is 39.0 Å². The second-order valence-electron chi connectivity index (χ2n) is 5.63. The summed E-state index contributed by atoms with van der Waals surface area (Å²) in [5, 5.41) is 3.69. The largest absolute Gasteiger partial charge is 0.309 e. The van der Waals surface area contributed by atoms with Crippen molar-refractivity contribution in [3.05, 3.63) is 21.9 Å². The zero-order chi connectivity index (χ0) is 12.8. The number of rotatable bonds is 6. The molecule has 1 heterocycles. The molecule has 1 saturated carbocycles. The van der Waals surface area contributed by atoms with E-state index in [9.17, 15) is 0 Å². The van der Waals surface area contributed by atoms with Gasteiger partial charge in [-0.15, -0.1) is 11.3 Å². The second-order valence-corrected chi connectivity index (χ2v) is 6.83. The monoisotopic (exact) mass is 265 g/mol. The number of aryl methyl sites for hydroxylation is 1. The van der Waals surface area contributed by atoms with Gasteiger partial charge in [0, 0.05) is 15.8 Å². The molecule has 1 atom stereocenters. The molecule has 0 aromatic carbocycles. The maximum Gasteiger partial charge on any atom is 0.0386 e. The van der Waals surface area contributed by atoms with Crippen molar-refractivity contribution in [2.75, 3.05) is 6.54 Å². The van der Waals surface area contributed by atoms with Crippen LogP contribution in [0.25, 0.3) is 0 Å². The van der Waals surface area contributed by atoms with Crippen molar-refractivity contribution in [2.45, 2.75) is 64.8 Å². The van der Waals surface area contributed by atoms with Gasteiger partial charge in [-0.25, -0.2) is 0 Å². The first-order valence-corrected chi connectivity index (χ1v) is 8.43. The van der Waals surface area contributed by atoms with E-state index in [-0.39, 0.29) is 0 Å². The van der Waals surface area contributed by atoms with Crippen molar-refractivity contribution < 1.29 is 0 Å². The molecule has 0 aliphatic heterocycles. The van der Waals surface area contributed by atoms with Gasteiger partial charge in [0.05, 0.1) is 0 Å². The Labute approximate surface area is 116 Å². The van der Waals surface area contributed by atoms with Crippen molar-refractivity contribution in [1.82, 2.24) is 5.32 Å². The quantitative estimate of drug-likeness (QED) is 0.769. The Morgan fingerprint density at radius 3 is 2.72 bits per heavy atom. The molecule has 0 amide bonds. The van der Waals surface area contributed by atoms with E-state index < -0.39 is 0 Å². The van der Waals surface area contributed by atoms with E-state index in [2.05, 4.69) is 31.3 Å². The zero-order valence-electron chi connectivity index (χ0n) is 11.9. The van der Waals surface area contributed by atoms with E-state index in [0.717, 1.165) is 5.92 Å². The van der Waals surface area contributed by atoms with Crippen LogP contribution in [-0.4, -0.2) is 6.54 Å². The fraction of sp³-hybridized carbons (Fsp3) is 0.750. The highest BCUT2D eigenvalue weighted by molar-refractivity contribution is 7.12. The van der Waals surface area contributed by atoms with Crippen molar-refractivity contribution in [1.29, 1.82) is 0 Å². The first-order valence-electron chi connectivity index (χ1n) is 7.61. The molecule has 1 fully saturated rings. The minimum atomic E-state index is 0.527. The van der Waals surface area contributed by atoms with Crippen LogP contribution in [0.5, 0.6) is 0 Å². The topological polar surface area (TPSA) is 12.0 Å². The summed E-state index contributed by atoms with van der Waals surface area (Å²) in [6.07, 6.45) is 9.87. The van der Waals surface area contributed by atoms with Gasteiger partial charge in [0.1, 0.15) is 0 Å². The van der Waals surface area contributed by atoms with Crippen LogP contribution in [0.4, 0.5) is 0 Å². The Bertz CT molecular complexity index is 339. The summed E-state index contributed by atoms with van der Waals surface area (Å²) >= 11 is 1.96. The van der Waals surface area contributed by atoms with Crippen molar-refractivity contribution in [2.24, 2.45) is 5.92 Å². The summed E-state index contributed by atoms with van der Waals surface area (Å²) in [5.41, 5.74) is 0. The molecule has 2 rings (SSSR count). The van der Waals surface area contributed by atoms with Crippen LogP contribution in [0.1, 0.15) is 68.2 Å². The maximum absolute atomic E-state index is 3.69. The molecule has 1 N–H and O–H groups in total. The third kappa shape index (κ3) is 4.10. The average Bonchev–Trinajstić information content (AvgIpc) is 2.89. The minimum absolute atomic E-state index is 0.527. The van der Waals surface area contributed by atoms with Crippen molar-refractivity contribution in [3.8, 4) is 0 Å². The van der Waals surface area contributed by atoms with Gasteiger partial charge in [0.15, 0.2) is 0 Å². The zero-order valence-corrected chi connectivity index (χ0v) is 12.7. The third-order valence-electron chi connectivity index (χ3n) is 4.19. The Kier molecular flexibility index (Phi) is 5.71. The average molecular weight is 265 g/mol. The molecule has 1 unspecified atom stereocenters. The van der Waals surface area contributed by atoms with Gasteiger partial charge in [-0.3, -0.25) is 0 Å². The molecular weight excluding hydrogens is 238 g/mol. The van der Waals surface area contributed by atoms with Gasteiger partial charge in [-0.05, 0) is 44.4 Å². The molecule has 0 spiro atoms. The highest BCUT2D eigenvalue weighted by Gasteiger charge is 2.14. The Morgan fingerprint density at radius 2 is 2.06 bits per heavy atom. The Balaban J connectivity index is 1.69. The van der Waals surface area contributed by atoms with Gasteiger partial charge in [0.25, 0.3) is 0 Å². The molecule has 1 aromatic heterocycles. The molecular formula is C16H27NS. The summed E-state index contributed by atoms with van der Waals surface area (Å²) in [6.45, 7) is 5.72. The predicted molar refractivity (Wildman–Crippen MR) is 81.3 cm³/mol. The SMILES string of the molecule is CCc1ccc(C(C)NCCC2CCCCC2)s1. The summed E-state index contributed by atoms with van der Waals surface area (Å²) in [7, 11) is 0. The molecule has 0 saturated heterocycles.